The Morgan fingerprint density at radius 1 is 1.20 bits per heavy atom. The lowest BCUT2D eigenvalue weighted by Gasteiger charge is -2.18. The molecule has 7 nitrogen and oxygen atoms in total. The third-order valence-electron chi connectivity index (χ3n) is 3.77. The number of nitrogens with one attached hydrogen (secondary N) is 2. The molecule has 1 atom stereocenters. The number of aromatic nitrogens is 2. The van der Waals surface area contributed by atoms with E-state index in [-0.39, 0.29) is 23.5 Å². The number of esters is 1. The minimum atomic E-state index is -3.00. The Kier molecular flexibility index (Phi) is 5.79. The van der Waals surface area contributed by atoms with E-state index in [4.69, 9.17) is 9.47 Å². The summed E-state index contributed by atoms with van der Waals surface area (Å²) >= 11 is 0. The number of H-pyrrole nitrogens is 2. The van der Waals surface area contributed by atoms with E-state index >= 15 is 0 Å². The molecule has 0 bridgehead atoms. The molecule has 1 aromatic heterocycles. The average molecular weight is 356 g/mol. The third kappa shape index (κ3) is 4.17. The Morgan fingerprint density at radius 3 is 2.44 bits per heavy atom. The number of alkyl halides is 2. The SMILES string of the molecule is COC(=O)C[C@H](c1ccc(OC(F)F)c(OC)c1)c1c(C)[nH][nH]c1=O. The highest BCUT2D eigenvalue weighted by molar-refractivity contribution is 5.71. The number of carbonyl (C=O) groups excluding carboxylic acids is 1. The summed E-state index contributed by atoms with van der Waals surface area (Å²) in [5.41, 5.74) is 1.07. The number of aromatic amines is 2. The number of rotatable bonds is 7. The van der Waals surface area contributed by atoms with E-state index in [1.165, 1.54) is 32.4 Å². The first kappa shape index (κ1) is 18.5. The first-order valence-electron chi connectivity index (χ1n) is 7.34. The maximum atomic E-state index is 12.5. The summed E-state index contributed by atoms with van der Waals surface area (Å²) in [5, 5.41) is 5.16. The van der Waals surface area contributed by atoms with Crippen LogP contribution < -0.4 is 15.0 Å². The van der Waals surface area contributed by atoms with Crippen molar-refractivity contribution in [1.29, 1.82) is 0 Å². The molecule has 9 heteroatoms. The molecule has 2 aromatic rings. The van der Waals surface area contributed by atoms with Gasteiger partial charge in [0.05, 0.1) is 20.6 Å². The van der Waals surface area contributed by atoms with Crippen molar-refractivity contribution in [2.45, 2.75) is 25.9 Å². The molecule has 2 rings (SSSR count). The van der Waals surface area contributed by atoms with Crippen molar-refractivity contribution in [1.82, 2.24) is 10.2 Å². The summed E-state index contributed by atoms with van der Waals surface area (Å²) in [4.78, 5) is 23.9. The van der Waals surface area contributed by atoms with E-state index < -0.39 is 18.5 Å². The Morgan fingerprint density at radius 2 is 1.92 bits per heavy atom. The van der Waals surface area contributed by atoms with E-state index in [0.717, 1.165) is 0 Å². The fourth-order valence-electron chi connectivity index (χ4n) is 2.61. The van der Waals surface area contributed by atoms with Crippen molar-refractivity contribution < 1.29 is 27.8 Å². The van der Waals surface area contributed by atoms with Crippen molar-refractivity contribution in [2.24, 2.45) is 0 Å². The van der Waals surface area contributed by atoms with Crippen LogP contribution in [0.1, 0.15) is 29.2 Å². The van der Waals surface area contributed by atoms with E-state index in [1.54, 1.807) is 6.92 Å². The third-order valence-corrected chi connectivity index (χ3v) is 3.77. The molecule has 0 saturated carbocycles. The fraction of sp³-hybridized carbons (Fsp3) is 0.375. The van der Waals surface area contributed by atoms with Gasteiger partial charge in [-0.1, -0.05) is 6.07 Å². The largest absolute Gasteiger partial charge is 0.493 e. The zero-order chi connectivity index (χ0) is 18.6. The van der Waals surface area contributed by atoms with Crippen LogP contribution in [0.2, 0.25) is 0 Å². The summed E-state index contributed by atoms with van der Waals surface area (Å²) in [5.74, 6) is -1.23. The van der Waals surface area contributed by atoms with Gasteiger partial charge in [-0.05, 0) is 24.6 Å². The number of hydrogen-bond donors (Lipinski definition) is 2. The number of aryl methyl sites for hydroxylation is 1. The number of benzene rings is 1. The predicted molar refractivity (Wildman–Crippen MR) is 84.3 cm³/mol. The molecule has 2 N–H and O–H groups in total. The summed E-state index contributed by atoms with van der Waals surface area (Å²) in [6, 6.07) is 4.26. The van der Waals surface area contributed by atoms with Gasteiger partial charge in [0.1, 0.15) is 0 Å². The van der Waals surface area contributed by atoms with Crippen LogP contribution in [-0.4, -0.2) is 37.0 Å². The summed E-state index contributed by atoms with van der Waals surface area (Å²) in [6.45, 7) is -1.32. The molecule has 0 amide bonds. The molecule has 0 fully saturated rings. The Balaban J connectivity index is 2.50. The van der Waals surface area contributed by atoms with Crippen LogP contribution in [0.3, 0.4) is 0 Å². The molecular formula is C16H18F2N2O5. The fourth-order valence-corrected chi connectivity index (χ4v) is 2.61. The van der Waals surface area contributed by atoms with Gasteiger partial charge in [0, 0.05) is 17.2 Å². The van der Waals surface area contributed by atoms with Crippen LogP contribution in [0.15, 0.2) is 23.0 Å². The standard InChI is InChI=1S/C16H18F2N2O5/c1-8-14(15(22)20-19-8)10(7-13(21)24-3)9-4-5-11(25-16(17)18)12(6-9)23-2/h4-6,10,16H,7H2,1-3H3,(H2,19,20,22)/t10-/m1/s1. The Labute approximate surface area is 141 Å². The van der Waals surface area contributed by atoms with Crippen LogP contribution in [0, 0.1) is 6.92 Å². The van der Waals surface area contributed by atoms with E-state index in [2.05, 4.69) is 14.9 Å². The normalized spacial score (nSPS) is 12.1. The van der Waals surface area contributed by atoms with Gasteiger partial charge in [0.25, 0.3) is 5.56 Å². The van der Waals surface area contributed by atoms with Crippen molar-refractivity contribution in [2.75, 3.05) is 14.2 Å². The molecule has 1 heterocycles. The van der Waals surface area contributed by atoms with E-state index in [9.17, 15) is 18.4 Å². The monoisotopic (exact) mass is 356 g/mol. The topological polar surface area (TPSA) is 93.4 Å². The van der Waals surface area contributed by atoms with Gasteiger partial charge in [-0.2, -0.15) is 8.78 Å². The lowest BCUT2D eigenvalue weighted by molar-refractivity contribution is -0.140. The molecule has 25 heavy (non-hydrogen) atoms. The molecule has 0 unspecified atom stereocenters. The zero-order valence-electron chi connectivity index (χ0n) is 13.9. The van der Waals surface area contributed by atoms with Crippen LogP contribution in [0.5, 0.6) is 11.5 Å². The highest BCUT2D eigenvalue weighted by Gasteiger charge is 2.26. The lowest BCUT2D eigenvalue weighted by atomic mass is 9.88. The quantitative estimate of drug-likeness (QED) is 0.743. The Hall–Kier alpha value is -2.84. The lowest BCUT2D eigenvalue weighted by Crippen LogP contribution is -2.17. The molecule has 0 radical (unpaired) electrons. The maximum Gasteiger partial charge on any atom is 0.387 e. The van der Waals surface area contributed by atoms with Crippen LogP contribution in [-0.2, 0) is 9.53 Å². The van der Waals surface area contributed by atoms with Crippen molar-refractivity contribution in [3.63, 3.8) is 0 Å². The summed E-state index contributed by atoms with van der Waals surface area (Å²) in [7, 11) is 2.55. The van der Waals surface area contributed by atoms with Gasteiger partial charge in [0.2, 0.25) is 0 Å². The molecule has 0 aliphatic rings. The second-order valence-corrected chi connectivity index (χ2v) is 5.24. The number of methoxy groups -OCH3 is 2. The van der Waals surface area contributed by atoms with Gasteiger partial charge < -0.3 is 19.3 Å². The van der Waals surface area contributed by atoms with E-state index in [1.807, 2.05) is 0 Å². The molecule has 0 saturated heterocycles. The number of ether oxygens (including phenoxy) is 3. The second kappa shape index (κ2) is 7.82. The average Bonchev–Trinajstić information content (AvgIpc) is 2.91. The van der Waals surface area contributed by atoms with Crippen LogP contribution >= 0.6 is 0 Å². The number of hydrogen-bond acceptors (Lipinski definition) is 5. The summed E-state index contributed by atoms with van der Waals surface area (Å²) in [6.07, 6.45) is -0.101. The first-order chi connectivity index (χ1) is 11.9. The molecule has 1 aromatic carbocycles. The van der Waals surface area contributed by atoms with Crippen molar-refractivity contribution in [3.05, 3.63) is 45.4 Å². The van der Waals surface area contributed by atoms with Gasteiger partial charge in [-0.15, -0.1) is 0 Å². The maximum absolute atomic E-state index is 12.5. The first-order valence-corrected chi connectivity index (χ1v) is 7.34. The molecular weight excluding hydrogens is 338 g/mol. The minimum Gasteiger partial charge on any atom is -0.493 e. The van der Waals surface area contributed by atoms with Crippen molar-refractivity contribution in [3.8, 4) is 11.5 Å². The van der Waals surface area contributed by atoms with Crippen LogP contribution in [0.25, 0.3) is 0 Å². The van der Waals surface area contributed by atoms with Gasteiger partial charge in [0.15, 0.2) is 11.5 Å². The Bertz CT molecular complexity index is 800. The predicted octanol–water partition coefficient (Wildman–Crippen LogP) is 2.32. The smallest absolute Gasteiger partial charge is 0.387 e. The number of carbonyl (C=O) groups is 1. The van der Waals surface area contributed by atoms with Crippen LogP contribution in [0.4, 0.5) is 8.78 Å². The molecule has 0 spiro atoms. The molecule has 0 aliphatic heterocycles. The molecule has 0 aliphatic carbocycles. The van der Waals surface area contributed by atoms with E-state index in [0.29, 0.717) is 16.8 Å². The summed E-state index contributed by atoms with van der Waals surface area (Å²) < 4.78 is 39.1. The van der Waals surface area contributed by atoms with Gasteiger partial charge in [-0.25, -0.2) is 0 Å². The van der Waals surface area contributed by atoms with Gasteiger partial charge in [-0.3, -0.25) is 14.7 Å². The minimum absolute atomic E-state index is 0.0669. The zero-order valence-corrected chi connectivity index (χ0v) is 13.9. The van der Waals surface area contributed by atoms with Crippen molar-refractivity contribution >= 4 is 5.97 Å². The highest BCUT2D eigenvalue weighted by atomic mass is 19.3. The second-order valence-electron chi connectivity index (χ2n) is 5.24. The highest BCUT2D eigenvalue weighted by Crippen LogP contribution is 2.35. The van der Waals surface area contributed by atoms with Gasteiger partial charge >= 0.3 is 12.6 Å². The number of halogens is 2. The molecule has 136 valence electrons.